The molecule has 1 aromatic carbocycles. The SMILES string of the molecule is CN1CC[C@@]2(CC[C@@H](c3cc(-c4cccc(OC(F)(F)F)c4)ccn3)N2)C1. The van der Waals surface area contributed by atoms with Crippen LogP contribution in [0, 0.1) is 0 Å². The molecule has 1 spiro atoms. The average molecular weight is 377 g/mol. The third kappa shape index (κ3) is 4.09. The van der Waals surface area contributed by atoms with E-state index >= 15 is 0 Å². The second-order valence-electron chi connectivity index (χ2n) is 7.55. The molecule has 0 saturated carbocycles. The Hall–Kier alpha value is -2.12. The number of ether oxygens (including phenoxy) is 1. The van der Waals surface area contributed by atoms with E-state index in [0.717, 1.165) is 43.6 Å². The quantitative estimate of drug-likeness (QED) is 0.872. The average Bonchev–Trinajstić information content (AvgIpc) is 3.20. The van der Waals surface area contributed by atoms with Crippen molar-refractivity contribution in [3.63, 3.8) is 0 Å². The number of pyridine rings is 1. The number of benzene rings is 1. The standard InChI is InChI=1S/C20H22F3N3O/c1-26-10-8-19(13-26)7-5-17(25-19)18-12-15(6-9-24-18)14-3-2-4-16(11-14)27-20(21,22)23/h2-4,6,9,11-12,17,25H,5,7-8,10,13H2,1H3/t17-,19-/m0/s1. The van der Waals surface area contributed by atoms with Gasteiger partial charge in [0.25, 0.3) is 0 Å². The topological polar surface area (TPSA) is 37.4 Å². The number of alkyl halides is 3. The molecule has 7 heteroatoms. The van der Waals surface area contributed by atoms with Crippen molar-refractivity contribution in [2.45, 2.75) is 37.2 Å². The summed E-state index contributed by atoms with van der Waals surface area (Å²) < 4.78 is 41.5. The molecule has 2 saturated heterocycles. The van der Waals surface area contributed by atoms with Gasteiger partial charge in [-0.05, 0) is 68.2 Å². The largest absolute Gasteiger partial charge is 0.573 e. The molecule has 3 heterocycles. The molecule has 2 aliphatic heterocycles. The highest BCUT2D eigenvalue weighted by molar-refractivity contribution is 5.65. The van der Waals surface area contributed by atoms with E-state index in [9.17, 15) is 13.2 Å². The molecular formula is C20H22F3N3O. The smallest absolute Gasteiger partial charge is 0.406 e. The minimum atomic E-state index is -4.70. The van der Waals surface area contributed by atoms with Crippen molar-refractivity contribution in [2.24, 2.45) is 0 Å². The molecule has 0 amide bonds. The van der Waals surface area contributed by atoms with Gasteiger partial charge in [-0.1, -0.05) is 12.1 Å². The van der Waals surface area contributed by atoms with Crippen molar-refractivity contribution in [3.05, 3.63) is 48.3 Å². The highest BCUT2D eigenvalue weighted by Crippen LogP contribution is 2.38. The molecule has 1 N–H and O–H groups in total. The van der Waals surface area contributed by atoms with Crippen LogP contribution in [0.25, 0.3) is 11.1 Å². The van der Waals surface area contributed by atoms with Crippen LogP contribution in [0.3, 0.4) is 0 Å². The summed E-state index contributed by atoms with van der Waals surface area (Å²) in [5.74, 6) is -0.217. The summed E-state index contributed by atoms with van der Waals surface area (Å²) >= 11 is 0. The Bertz CT molecular complexity index is 826. The summed E-state index contributed by atoms with van der Waals surface area (Å²) in [6.07, 6.45) is 0.287. The highest BCUT2D eigenvalue weighted by Gasteiger charge is 2.43. The predicted octanol–water partition coefficient (Wildman–Crippen LogP) is 4.15. The first-order valence-corrected chi connectivity index (χ1v) is 9.10. The van der Waals surface area contributed by atoms with Gasteiger partial charge in [0, 0.05) is 18.3 Å². The summed E-state index contributed by atoms with van der Waals surface area (Å²) in [6.45, 7) is 2.14. The lowest BCUT2D eigenvalue weighted by atomic mass is 9.97. The van der Waals surface area contributed by atoms with Crippen molar-refractivity contribution in [3.8, 4) is 16.9 Å². The van der Waals surface area contributed by atoms with Crippen LogP contribution in [0.5, 0.6) is 5.75 Å². The number of halogens is 3. The number of nitrogens with zero attached hydrogens (tertiary/aromatic N) is 2. The number of aromatic nitrogens is 1. The third-order valence-electron chi connectivity index (χ3n) is 5.48. The first kappa shape index (κ1) is 18.3. The summed E-state index contributed by atoms with van der Waals surface area (Å²) in [6, 6.07) is 9.99. The molecule has 27 heavy (non-hydrogen) atoms. The van der Waals surface area contributed by atoms with Crippen molar-refractivity contribution >= 4 is 0 Å². The normalized spacial score (nSPS) is 26.0. The van der Waals surface area contributed by atoms with E-state index in [1.807, 2.05) is 12.1 Å². The van der Waals surface area contributed by atoms with E-state index in [0.29, 0.717) is 5.56 Å². The minimum Gasteiger partial charge on any atom is -0.406 e. The van der Waals surface area contributed by atoms with Crippen LogP contribution >= 0.6 is 0 Å². The number of hydrogen-bond donors (Lipinski definition) is 1. The zero-order chi connectivity index (χ0) is 19.1. The van der Waals surface area contributed by atoms with Crippen LogP contribution in [-0.2, 0) is 0 Å². The second kappa shape index (κ2) is 6.80. The number of hydrogen-bond acceptors (Lipinski definition) is 4. The fraction of sp³-hybridized carbons (Fsp3) is 0.450. The van der Waals surface area contributed by atoms with Gasteiger partial charge in [-0.2, -0.15) is 0 Å². The maximum atomic E-state index is 12.5. The fourth-order valence-electron chi connectivity index (χ4n) is 4.25. The van der Waals surface area contributed by atoms with Gasteiger partial charge in [0.1, 0.15) is 5.75 Å². The first-order valence-electron chi connectivity index (χ1n) is 9.10. The Labute approximate surface area is 156 Å². The molecule has 2 atom stereocenters. The number of likely N-dealkylation sites (N-methyl/N-ethyl adjacent to an activating group) is 1. The molecule has 4 rings (SSSR count). The molecule has 2 fully saturated rings. The van der Waals surface area contributed by atoms with Gasteiger partial charge in [-0.15, -0.1) is 13.2 Å². The number of nitrogens with one attached hydrogen (secondary N) is 1. The molecule has 0 bridgehead atoms. The molecule has 0 radical (unpaired) electrons. The molecular weight excluding hydrogens is 355 g/mol. The van der Waals surface area contributed by atoms with Crippen LogP contribution in [0.2, 0.25) is 0 Å². The van der Waals surface area contributed by atoms with E-state index in [1.54, 1.807) is 18.3 Å². The first-order chi connectivity index (χ1) is 12.8. The van der Waals surface area contributed by atoms with Crippen molar-refractivity contribution < 1.29 is 17.9 Å². The van der Waals surface area contributed by atoms with Gasteiger partial charge in [0.15, 0.2) is 0 Å². The molecule has 4 nitrogen and oxygen atoms in total. The van der Waals surface area contributed by atoms with E-state index in [4.69, 9.17) is 0 Å². The van der Waals surface area contributed by atoms with Crippen molar-refractivity contribution in [1.82, 2.24) is 15.2 Å². The lowest BCUT2D eigenvalue weighted by Gasteiger charge is -2.25. The molecule has 1 aromatic heterocycles. The second-order valence-corrected chi connectivity index (χ2v) is 7.55. The summed E-state index contributed by atoms with van der Waals surface area (Å²) in [7, 11) is 2.14. The van der Waals surface area contributed by atoms with Crippen LogP contribution in [0.4, 0.5) is 13.2 Å². The van der Waals surface area contributed by atoms with Crippen molar-refractivity contribution in [1.29, 1.82) is 0 Å². The highest BCUT2D eigenvalue weighted by atomic mass is 19.4. The predicted molar refractivity (Wildman–Crippen MR) is 96.3 cm³/mol. The van der Waals surface area contributed by atoms with Gasteiger partial charge >= 0.3 is 6.36 Å². The number of rotatable bonds is 3. The van der Waals surface area contributed by atoms with Gasteiger partial charge in [-0.3, -0.25) is 4.98 Å². The maximum absolute atomic E-state index is 12.5. The van der Waals surface area contributed by atoms with Gasteiger partial charge in [-0.25, -0.2) is 0 Å². The number of likely N-dealkylation sites (tertiary alicyclic amines) is 1. The van der Waals surface area contributed by atoms with Crippen LogP contribution in [-0.4, -0.2) is 41.9 Å². The van der Waals surface area contributed by atoms with Gasteiger partial charge in [0.05, 0.1) is 11.7 Å². The fourth-order valence-corrected chi connectivity index (χ4v) is 4.25. The summed E-state index contributed by atoms with van der Waals surface area (Å²) in [5, 5.41) is 3.76. The zero-order valence-electron chi connectivity index (χ0n) is 15.1. The van der Waals surface area contributed by atoms with Gasteiger partial charge < -0.3 is 15.0 Å². The molecule has 0 unspecified atom stereocenters. The van der Waals surface area contributed by atoms with E-state index < -0.39 is 6.36 Å². The Morgan fingerprint density at radius 3 is 2.74 bits per heavy atom. The van der Waals surface area contributed by atoms with Crippen molar-refractivity contribution in [2.75, 3.05) is 20.1 Å². The monoisotopic (exact) mass is 377 g/mol. The summed E-state index contributed by atoms with van der Waals surface area (Å²) in [4.78, 5) is 6.85. The molecule has 2 aromatic rings. The third-order valence-corrected chi connectivity index (χ3v) is 5.48. The minimum absolute atomic E-state index is 0.164. The lowest BCUT2D eigenvalue weighted by Crippen LogP contribution is -2.42. The van der Waals surface area contributed by atoms with Gasteiger partial charge in [0.2, 0.25) is 0 Å². The van der Waals surface area contributed by atoms with Crippen LogP contribution < -0.4 is 10.1 Å². The zero-order valence-corrected chi connectivity index (χ0v) is 15.1. The Morgan fingerprint density at radius 1 is 1.19 bits per heavy atom. The Balaban J connectivity index is 1.54. The maximum Gasteiger partial charge on any atom is 0.573 e. The van der Waals surface area contributed by atoms with Crippen LogP contribution in [0.1, 0.15) is 31.0 Å². The summed E-state index contributed by atoms with van der Waals surface area (Å²) in [5.41, 5.74) is 2.60. The molecule has 144 valence electrons. The Morgan fingerprint density at radius 2 is 2.00 bits per heavy atom. The van der Waals surface area contributed by atoms with Crippen LogP contribution in [0.15, 0.2) is 42.6 Å². The Kier molecular flexibility index (Phi) is 4.60. The molecule has 2 aliphatic rings. The van der Waals surface area contributed by atoms with E-state index in [2.05, 4.69) is 27.0 Å². The molecule has 0 aliphatic carbocycles. The van der Waals surface area contributed by atoms with E-state index in [1.165, 1.54) is 12.1 Å². The van der Waals surface area contributed by atoms with E-state index in [-0.39, 0.29) is 17.3 Å². The lowest BCUT2D eigenvalue weighted by molar-refractivity contribution is -0.274.